The second kappa shape index (κ2) is 30.6. The highest BCUT2D eigenvalue weighted by atomic mass is 16.8. The van der Waals surface area contributed by atoms with Crippen molar-refractivity contribution in [1.29, 1.82) is 0 Å². The lowest BCUT2D eigenvalue weighted by Crippen LogP contribution is -2.47. The van der Waals surface area contributed by atoms with Crippen molar-refractivity contribution >= 4 is 64.4 Å². The number of carboxylic acid groups (broad SMARTS) is 1. The van der Waals surface area contributed by atoms with Crippen LogP contribution in [0.3, 0.4) is 0 Å². The Hall–Kier alpha value is -6.63. The monoisotopic (exact) mass is 1290 g/mol. The number of carbonyl (C=O) groups is 3. The van der Waals surface area contributed by atoms with Crippen LogP contribution < -0.4 is 9.80 Å². The van der Waals surface area contributed by atoms with E-state index in [1.165, 1.54) is 31.4 Å². The van der Waals surface area contributed by atoms with Crippen molar-refractivity contribution in [1.82, 2.24) is 58.6 Å². The lowest BCUT2D eigenvalue weighted by atomic mass is 9.82. The van der Waals surface area contributed by atoms with Crippen LogP contribution in [-0.4, -0.2) is 325 Å². The van der Waals surface area contributed by atoms with E-state index in [0.29, 0.717) is 93.8 Å². The van der Waals surface area contributed by atoms with E-state index >= 15 is 0 Å². The van der Waals surface area contributed by atoms with Gasteiger partial charge >= 0.3 is 0 Å². The molecule has 7 aliphatic heterocycles. The van der Waals surface area contributed by atoms with Gasteiger partial charge in [0, 0.05) is 155 Å². The molecule has 502 valence electrons. The topological polar surface area (TPSA) is 380 Å². The number of piperazine rings is 2. The number of morpholine rings is 2. The number of allylic oxidation sites excluding steroid dienone is 4. The van der Waals surface area contributed by atoms with Crippen LogP contribution in [0.1, 0.15) is 52.0 Å². The summed E-state index contributed by atoms with van der Waals surface area (Å²) in [7, 11) is 0. The number of anilines is 2. The van der Waals surface area contributed by atoms with Crippen molar-refractivity contribution in [3.8, 4) is 0 Å². The summed E-state index contributed by atoms with van der Waals surface area (Å²) in [6.07, 6.45) is 3.38. The Morgan fingerprint density at radius 1 is 0.543 bits per heavy atom. The lowest BCUT2D eigenvalue weighted by Gasteiger charge is -2.33. The number of imidazole rings is 2. The first-order chi connectivity index (χ1) is 44.7. The first kappa shape index (κ1) is 66.8. The van der Waals surface area contributed by atoms with Gasteiger partial charge in [0.15, 0.2) is 63.8 Å². The molecule has 10 atom stereocenters. The van der Waals surface area contributed by atoms with Crippen LogP contribution >= 0.6 is 0 Å². The fraction of sp³-hybridized carbons (Fsp3) is 0.683. The fourth-order valence-corrected chi connectivity index (χ4v) is 13.7. The molecule has 0 aromatic carbocycles. The van der Waals surface area contributed by atoms with E-state index in [2.05, 4.69) is 69.3 Å². The molecular formula is C60H86N16O16. The van der Waals surface area contributed by atoms with E-state index in [1.807, 2.05) is 18.4 Å². The summed E-state index contributed by atoms with van der Waals surface area (Å²) < 4.78 is 40.0. The smallest absolute Gasteiger partial charge is 0.290 e. The number of hydrogen-bond acceptors (Lipinski definition) is 29. The summed E-state index contributed by atoms with van der Waals surface area (Å²) in [6.45, 7) is 20.3. The number of aliphatic imine (C=N–C) groups is 2. The normalized spacial score (nSPS) is 29.6. The van der Waals surface area contributed by atoms with Crippen LogP contribution in [-0.2, 0) is 42.8 Å². The molecule has 9 aliphatic rings. The predicted molar refractivity (Wildman–Crippen MR) is 330 cm³/mol. The molecule has 92 heavy (non-hydrogen) atoms. The minimum atomic E-state index is -1.29. The van der Waals surface area contributed by atoms with Gasteiger partial charge in [-0.2, -0.15) is 0 Å². The van der Waals surface area contributed by atoms with E-state index in [-0.39, 0.29) is 85.5 Å². The fourth-order valence-electron chi connectivity index (χ4n) is 13.7. The maximum Gasteiger partial charge on any atom is 0.290 e. The van der Waals surface area contributed by atoms with Crippen LogP contribution in [0.4, 0.5) is 11.6 Å². The molecule has 0 saturated carbocycles. The number of ketones is 2. The highest BCUT2D eigenvalue weighted by Crippen LogP contribution is 2.48. The molecule has 11 heterocycles. The molecule has 0 amide bonds. The van der Waals surface area contributed by atoms with Gasteiger partial charge in [-0.25, -0.2) is 29.9 Å². The van der Waals surface area contributed by atoms with Crippen LogP contribution in [0.5, 0.6) is 0 Å². The molecule has 0 spiro atoms. The number of ether oxygens (including phenoxy) is 6. The van der Waals surface area contributed by atoms with Gasteiger partial charge in [0.2, 0.25) is 0 Å². The van der Waals surface area contributed by atoms with E-state index in [9.17, 15) is 30.0 Å². The molecule has 4 aromatic heterocycles. The Labute approximate surface area is 531 Å². The number of β-amino-alcohol motifs (C(OH)–C–C–N with tert-alkyl or cyclic N) is 2. The van der Waals surface area contributed by atoms with Gasteiger partial charge < -0.3 is 74.0 Å². The molecule has 13 rings (SSSR count). The zero-order chi connectivity index (χ0) is 64.5. The average molecular weight is 1290 g/mol. The van der Waals surface area contributed by atoms with E-state index in [4.69, 9.17) is 48.5 Å². The molecule has 4 aromatic rings. The first-order valence-electron chi connectivity index (χ1n) is 31.8. The SMILES string of the molecule is CC1(C)O[C@@H]2[C@H](O1)[C@@H](C1CC(=O)C(C=NCCN3CCN(CCO)CC3)=C(O)C1)O[C@H]2n1cnc2c(N3CCOCC3)ncnc21.O=C1CC([C@H]2O[C@@H](n3cnc4c(N5CCOCC5)ncnc43)[C@H](O)[C@@H]2O)CC(O)=C1C=NCCN1CCN(CCO)CC1.O=CO. The quantitative estimate of drug-likeness (QED) is 0.0464. The lowest BCUT2D eigenvalue weighted by molar-refractivity contribution is -0.202. The number of rotatable bonds is 18. The maximum absolute atomic E-state index is 13.3. The molecule has 0 bridgehead atoms. The first-order valence-corrected chi connectivity index (χ1v) is 31.8. The van der Waals surface area contributed by atoms with Gasteiger partial charge in [0.1, 0.15) is 48.6 Å². The van der Waals surface area contributed by atoms with Crippen molar-refractivity contribution in [2.45, 2.75) is 94.4 Å². The largest absolute Gasteiger partial charge is 0.511 e. The number of hydrogen-bond donors (Lipinski definition) is 7. The Kier molecular flexibility index (Phi) is 22.2. The number of aliphatic hydroxyl groups excluding tert-OH is 6. The molecule has 7 fully saturated rings. The summed E-state index contributed by atoms with van der Waals surface area (Å²) in [4.78, 5) is 84.0. The summed E-state index contributed by atoms with van der Waals surface area (Å²) in [6, 6.07) is 0. The molecule has 0 radical (unpaired) electrons. The molecular weight excluding hydrogens is 1200 g/mol. The molecule has 7 saturated heterocycles. The van der Waals surface area contributed by atoms with Crippen molar-refractivity contribution in [3.63, 3.8) is 0 Å². The molecule has 2 aliphatic carbocycles. The Morgan fingerprint density at radius 3 is 1.40 bits per heavy atom. The highest BCUT2D eigenvalue weighted by molar-refractivity contribution is 6.15. The second-order valence-corrected chi connectivity index (χ2v) is 24.7. The Morgan fingerprint density at radius 2 is 0.957 bits per heavy atom. The number of Topliss-reactive ketones (excluding diaryl/α,β-unsaturated/α-hetero) is 2. The maximum atomic E-state index is 13.3. The van der Waals surface area contributed by atoms with Crippen LogP contribution in [0, 0.1) is 11.8 Å². The number of aliphatic hydroxyl groups is 6. The van der Waals surface area contributed by atoms with Gasteiger partial charge in [-0.05, 0) is 13.8 Å². The minimum Gasteiger partial charge on any atom is -0.511 e. The minimum absolute atomic E-state index is 0.0281. The number of aromatic nitrogens is 8. The summed E-state index contributed by atoms with van der Waals surface area (Å²) in [5.41, 5.74) is 2.77. The standard InChI is InChI=1S/C31H44N8O7.C28H40N8O7.CH2O2/c1-31(2)45-26-25(20-15-22(41)21(23(42)16-20)17-32-3-4-36-5-7-37(8-6-36)9-12-40)44-30(27(26)46-31)39-19-35-24-28(33-18-34-29(24)39)38-10-13-43-14-11-38;37-10-7-34-5-3-33(4-6-34)2-1-29-15-19-20(38)13-18(14-21(19)39)25-23(40)24(41)28(43-25)36-17-32-22-26(30-16-31-27(22)36)35-8-11-42-12-9-35;2-1-3/h17-20,25-27,30,40-41H,3-16H2,1-2H3;15-18,23-25,28,37-38,40-41H,1-14H2;1H,(H,2,3)/t20?,25-,26-,27-,30-;18?,23-,24+,25+,28+;/m10./s1. The van der Waals surface area contributed by atoms with Gasteiger partial charge in [-0.1, -0.05) is 0 Å². The summed E-state index contributed by atoms with van der Waals surface area (Å²) in [5.74, 6) is -0.754. The predicted octanol–water partition coefficient (Wildman–Crippen LogP) is -0.993. The van der Waals surface area contributed by atoms with Gasteiger partial charge in [0.25, 0.3) is 6.47 Å². The number of carbonyl (C=O) groups excluding carboxylic acids is 2. The third kappa shape index (κ3) is 15.1. The summed E-state index contributed by atoms with van der Waals surface area (Å²) >= 11 is 0. The van der Waals surface area contributed by atoms with Crippen LogP contribution in [0.25, 0.3) is 22.3 Å². The zero-order valence-electron chi connectivity index (χ0n) is 52.1. The highest BCUT2D eigenvalue weighted by Gasteiger charge is 2.59. The third-order valence-electron chi connectivity index (χ3n) is 18.4. The molecule has 7 N–H and O–H groups in total. The number of fused-ring (bicyclic) bond motifs is 3. The van der Waals surface area contributed by atoms with Gasteiger partial charge in [0.05, 0.1) is 88.7 Å². The Balaban J connectivity index is 0.000000181. The Bertz CT molecular complexity index is 3280. The second-order valence-electron chi connectivity index (χ2n) is 24.7. The van der Waals surface area contributed by atoms with Crippen molar-refractivity contribution < 1.29 is 78.6 Å². The van der Waals surface area contributed by atoms with Crippen LogP contribution in [0.15, 0.2) is 58.0 Å². The van der Waals surface area contributed by atoms with E-state index in [0.717, 1.165) is 84.4 Å². The molecule has 2 unspecified atom stereocenters. The van der Waals surface area contributed by atoms with Crippen LogP contribution in [0.2, 0.25) is 0 Å². The van der Waals surface area contributed by atoms with Gasteiger partial charge in [-0.15, -0.1) is 0 Å². The zero-order valence-corrected chi connectivity index (χ0v) is 52.1. The average Bonchev–Trinajstić information content (AvgIpc) is 1.59. The van der Waals surface area contributed by atoms with Crippen molar-refractivity contribution in [2.24, 2.45) is 21.8 Å². The van der Waals surface area contributed by atoms with E-state index < -0.39 is 60.8 Å². The molecule has 32 heteroatoms. The number of nitrogens with zero attached hydrogens (tertiary/aromatic N) is 16. The molecule has 32 nitrogen and oxygen atoms in total. The third-order valence-corrected chi connectivity index (χ3v) is 18.4. The van der Waals surface area contributed by atoms with Gasteiger partial charge in [-0.3, -0.25) is 53.1 Å². The van der Waals surface area contributed by atoms with Crippen molar-refractivity contribution in [2.75, 3.05) is 167 Å². The summed E-state index contributed by atoms with van der Waals surface area (Å²) in [5, 5.41) is 68.9. The van der Waals surface area contributed by atoms with E-state index in [1.54, 1.807) is 10.9 Å². The van der Waals surface area contributed by atoms with Crippen molar-refractivity contribution in [3.05, 3.63) is 48.0 Å².